The summed E-state index contributed by atoms with van der Waals surface area (Å²) in [4.78, 5) is 8.97. The number of phenolic OH excluding ortho intramolecular Hbond substituents is 1. The van der Waals surface area contributed by atoms with Gasteiger partial charge in [-0.3, -0.25) is 9.97 Å². The fraction of sp³-hybridized carbons (Fsp3) is 0.200. The van der Waals surface area contributed by atoms with Crippen molar-refractivity contribution in [3.8, 4) is 5.75 Å². The van der Waals surface area contributed by atoms with Crippen molar-refractivity contribution in [3.63, 3.8) is 0 Å². The third-order valence-corrected chi connectivity index (χ3v) is 5.47. The predicted octanol–water partition coefficient (Wildman–Crippen LogP) is 5.64. The number of aromatic nitrogens is 2. The van der Waals surface area contributed by atoms with Crippen LogP contribution in [0.15, 0.2) is 67.0 Å². The molecule has 0 aliphatic heterocycles. The van der Waals surface area contributed by atoms with Gasteiger partial charge in [0, 0.05) is 41.4 Å². The Morgan fingerprint density at radius 3 is 2.50 bits per heavy atom. The minimum Gasteiger partial charge on any atom is -0.505 e. The van der Waals surface area contributed by atoms with Crippen LogP contribution in [0.1, 0.15) is 39.4 Å². The number of hydrogen-bond donors (Lipinski definition) is 1. The van der Waals surface area contributed by atoms with E-state index in [4.69, 9.17) is 0 Å². The summed E-state index contributed by atoms with van der Waals surface area (Å²) in [6.45, 7) is 6.32. The topological polar surface area (TPSA) is 46.0 Å². The van der Waals surface area contributed by atoms with Crippen molar-refractivity contribution in [1.82, 2.24) is 9.97 Å². The van der Waals surface area contributed by atoms with Gasteiger partial charge in [-0.2, -0.15) is 0 Å². The van der Waals surface area contributed by atoms with Crippen LogP contribution in [-0.2, 0) is 6.42 Å². The molecular formula is C25H24N2O. The van der Waals surface area contributed by atoms with Crippen molar-refractivity contribution in [2.24, 2.45) is 0 Å². The van der Waals surface area contributed by atoms with Crippen LogP contribution in [0.4, 0.5) is 0 Å². The van der Waals surface area contributed by atoms with E-state index in [9.17, 15) is 5.11 Å². The number of phenols is 1. The van der Waals surface area contributed by atoms with E-state index in [0.29, 0.717) is 5.52 Å². The smallest absolute Gasteiger partial charge is 0.145 e. The first-order valence-corrected chi connectivity index (χ1v) is 9.58. The Morgan fingerprint density at radius 1 is 0.857 bits per heavy atom. The Kier molecular flexibility index (Phi) is 4.82. The van der Waals surface area contributed by atoms with Gasteiger partial charge in [-0.05, 0) is 61.2 Å². The second kappa shape index (κ2) is 7.43. The highest BCUT2D eigenvalue weighted by Crippen LogP contribution is 2.38. The van der Waals surface area contributed by atoms with Gasteiger partial charge in [0.1, 0.15) is 11.3 Å². The summed E-state index contributed by atoms with van der Waals surface area (Å²) in [5.74, 6) is 0.258. The molecule has 3 nitrogen and oxygen atoms in total. The molecule has 2 aromatic heterocycles. The number of pyridine rings is 2. The highest BCUT2D eigenvalue weighted by atomic mass is 16.3. The van der Waals surface area contributed by atoms with Gasteiger partial charge in [-0.1, -0.05) is 36.4 Å². The maximum Gasteiger partial charge on any atom is 0.145 e. The maximum absolute atomic E-state index is 11.1. The summed E-state index contributed by atoms with van der Waals surface area (Å²) in [6, 6.07) is 18.6. The van der Waals surface area contributed by atoms with Gasteiger partial charge in [0.25, 0.3) is 0 Å². The molecule has 1 N–H and O–H groups in total. The fourth-order valence-electron chi connectivity index (χ4n) is 3.73. The normalized spacial score (nSPS) is 12.2. The minimum atomic E-state index is 0.00000567. The molecule has 0 aliphatic rings. The molecule has 0 fully saturated rings. The number of aromatic hydroxyl groups is 1. The SMILES string of the molecule is Cc1ccnc(CC(c2ccc(C)c(C)c2)c2ccc3cccnc3c2O)c1. The summed E-state index contributed by atoms with van der Waals surface area (Å²) >= 11 is 0. The van der Waals surface area contributed by atoms with Crippen molar-refractivity contribution in [2.75, 3.05) is 0 Å². The minimum absolute atomic E-state index is 0.00000567. The summed E-state index contributed by atoms with van der Waals surface area (Å²) in [7, 11) is 0. The Labute approximate surface area is 165 Å². The standard InChI is InChI=1S/C25H24N2O/c1-16-10-12-26-21(13-16)15-23(20-7-6-17(2)18(3)14-20)22-9-8-19-5-4-11-27-24(19)25(22)28/h4-14,23,28H,15H2,1-3H3. The van der Waals surface area contributed by atoms with Crippen molar-refractivity contribution in [3.05, 3.63) is 101 Å². The van der Waals surface area contributed by atoms with Crippen molar-refractivity contribution in [2.45, 2.75) is 33.1 Å². The van der Waals surface area contributed by atoms with Crippen molar-refractivity contribution >= 4 is 10.9 Å². The van der Waals surface area contributed by atoms with Gasteiger partial charge in [-0.25, -0.2) is 0 Å². The zero-order valence-corrected chi connectivity index (χ0v) is 16.5. The van der Waals surface area contributed by atoms with Crippen LogP contribution in [0.25, 0.3) is 10.9 Å². The highest BCUT2D eigenvalue weighted by molar-refractivity contribution is 5.85. The number of benzene rings is 2. The van der Waals surface area contributed by atoms with E-state index < -0.39 is 0 Å². The maximum atomic E-state index is 11.1. The van der Waals surface area contributed by atoms with Crippen molar-refractivity contribution in [1.29, 1.82) is 0 Å². The van der Waals surface area contributed by atoms with Gasteiger partial charge in [0.05, 0.1) is 0 Å². The lowest BCUT2D eigenvalue weighted by Crippen LogP contribution is -2.08. The Morgan fingerprint density at radius 2 is 1.71 bits per heavy atom. The van der Waals surface area contributed by atoms with Crippen LogP contribution in [0.5, 0.6) is 5.75 Å². The zero-order chi connectivity index (χ0) is 19.7. The molecule has 0 spiro atoms. The Bertz CT molecular complexity index is 1150. The summed E-state index contributed by atoms with van der Waals surface area (Å²) in [5.41, 5.74) is 7.43. The molecule has 2 aromatic carbocycles. The monoisotopic (exact) mass is 368 g/mol. The second-order valence-corrected chi connectivity index (χ2v) is 7.50. The Hall–Kier alpha value is -3.20. The first-order chi connectivity index (χ1) is 13.5. The molecule has 2 heterocycles. The van der Waals surface area contributed by atoms with Crippen LogP contribution in [0, 0.1) is 20.8 Å². The molecule has 140 valence electrons. The second-order valence-electron chi connectivity index (χ2n) is 7.50. The lowest BCUT2D eigenvalue weighted by Gasteiger charge is -2.21. The molecule has 1 atom stereocenters. The number of nitrogens with zero attached hydrogens (tertiary/aromatic N) is 2. The predicted molar refractivity (Wildman–Crippen MR) is 114 cm³/mol. The molecule has 28 heavy (non-hydrogen) atoms. The number of fused-ring (bicyclic) bond motifs is 1. The Balaban J connectivity index is 1.87. The van der Waals surface area contributed by atoms with E-state index in [2.05, 4.69) is 55.0 Å². The molecule has 0 radical (unpaired) electrons. The lowest BCUT2D eigenvalue weighted by molar-refractivity contribution is 0.469. The van der Waals surface area contributed by atoms with Gasteiger partial charge in [0.2, 0.25) is 0 Å². The van der Waals surface area contributed by atoms with E-state index in [1.54, 1.807) is 6.20 Å². The molecule has 1 unspecified atom stereocenters. The molecule has 3 heteroatoms. The molecule has 4 rings (SSSR count). The first kappa shape index (κ1) is 18.2. The largest absolute Gasteiger partial charge is 0.505 e. The van der Waals surface area contributed by atoms with E-state index in [-0.39, 0.29) is 11.7 Å². The average Bonchev–Trinajstić information content (AvgIpc) is 2.69. The molecule has 0 amide bonds. The van der Waals surface area contributed by atoms with Gasteiger partial charge < -0.3 is 5.11 Å². The van der Waals surface area contributed by atoms with Crippen LogP contribution in [-0.4, -0.2) is 15.1 Å². The molecule has 4 aromatic rings. The molecule has 0 saturated heterocycles. The van der Waals surface area contributed by atoms with Gasteiger partial charge in [0.15, 0.2) is 0 Å². The van der Waals surface area contributed by atoms with E-state index >= 15 is 0 Å². The highest BCUT2D eigenvalue weighted by Gasteiger charge is 2.21. The van der Waals surface area contributed by atoms with E-state index in [1.165, 1.54) is 22.3 Å². The molecular weight excluding hydrogens is 344 g/mol. The average molecular weight is 368 g/mol. The summed E-state index contributed by atoms with van der Waals surface area (Å²) in [6.07, 6.45) is 4.29. The molecule has 0 aliphatic carbocycles. The first-order valence-electron chi connectivity index (χ1n) is 9.58. The summed E-state index contributed by atoms with van der Waals surface area (Å²) < 4.78 is 0. The van der Waals surface area contributed by atoms with E-state index in [0.717, 1.165) is 23.1 Å². The quantitative estimate of drug-likeness (QED) is 0.507. The van der Waals surface area contributed by atoms with Crippen molar-refractivity contribution < 1.29 is 5.11 Å². The fourth-order valence-corrected chi connectivity index (χ4v) is 3.73. The van der Waals surface area contributed by atoms with Gasteiger partial charge >= 0.3 is 0 Å². The number of aryl methyl sites for hydroxylation is 3. The van der Waals surface area contributed by atoms with Crippen LogP contribution >= 0.6 is 0 Å². The van der Waals surface area contributed by atoms with Crippen LogP contribution < -0.4 is 0 Å². The molecule has 0 saturated carbocycles. The third-order valence-electron chi connectivity index (χ3n) is 5.47. The molecule has 0 bridgehead atoms. The summed E-state index contributed by atoms with van der Waals surface area (Å²) in [5, 5.41) is 12.0. The number of rotatable bonds is 4. The van der Waals surface area contributed by atoms with Crippen LogP contribution in [0.2, 0.25) is 0 Å². The third kappa shape index (κ3) is 3.48. The zero-order valence-electron chi connectivity index (χ0n) is 16.5. The van der Waals surface area contributed by atoms with E-state index in [1.807, 2.05) is 36.5 Å². The lowest BCUT2D eigenvalue weighted by atomic mass is 9.85. The van der Waals surface area contributed by atoms with Crippen LogP contribution in [0.3, 0.4) is 0 Å². The van der Waals surface area contributed by atoms with Gasteiger partial charge in [-0.15, -0.1) is 0 Å². The number of hydrogen-bond acceptors (Lipinski definition) is 3.